The molecule has 1 heterocycles. The molecule has 0 saturated heterocycles. The molecule has 0 atom stereocenters. The SMILES string of the molecule is Cc1ccn(-c2ccc(C(=O)NCC3(C(=O)O)CCCCC3)cc2)n1. The minimum Gasteiger partial charge on any atom is -0.481 e. The number of benzene rings is 1. The molecule has 2 aromatic rings. The number of carboxylic acids is 1. The van der Waals surface area contributed by atoms with Crippen LogP contribution in [0.5, 0.6) is 0 Å². The average molecular weight is 341 g/mol. The van der Waals surface area contributed by atoms with Gasteiger partial charge in [-0.05, 0) is 50.1 Å². The second-order valence-corrected chi connectivity index (χ2v) is 6.78. The Bertz CT molecular complexity index is 758. The third kappa shape index (κ3) is 3.73. The fourth-order valence-corrected chi connectivity index (χ4v) is 3.37. The zero-order chi connectivity index (χ0) is 17.9. The summed E-state index contributed by atoms with van der Waals surface area (Å²) in [6.45, 7) is 2.10. The van der Waals surface area contributed by atoms with Crippen molar-refractivity contribution >= 4 is 11.9 Å². The quantitative estimate of drug-likeness (QED) is 0.876. The van der Waals surface area contributed by atoms with E-state index in [0.29, 0.717) is 18.4 Å². The average Bonchev–Trinajstić information content (AvgIpc) is 3.07. The van der Waals surface area contributed by atoms with Crippen LogP contribution in [0.25, 0.3) is 5.69 Å². The van der Waals surface area contributed by atoms with E-state index in [0.717, 1.165) is 30.6 Å². The second kappa shape index (κ2) is 7.09. The van der Waals surface area contributed by atoms with Crippen molar-refractivity contribution in [1.29, 1.82) is 0 Å². The highest BCUT2D eigenvalue weighted by Gasteiger charge is 2.39. The molecule has 0 aliphatic heterocycles. The highest BCUT2D eigenvalue weighted by molar-refractivity contribution is 5.94. The number of aryl methyl sites for hydroxylation is 1. The topological polar surface area (TPSA) is 84.2 Å². The Kier molecular flexibility index (Phi) is 4.88. The Morgan fingerprint density at radius 2 is 1.84 bits per heavy atom. The number of carbonyl (C=O) groups is 2. The van der Waals surface area contributed by atoms with Crippen molar-refractivity contribution in [3.8, 4) is 5.69 Å². The zero-order valence-electron chi connectivity index (χ0n) is 14.4. The van der Waals surface area contributed by atoms with Crippen LogP contribution in [0.2, 0.25) is 0 Å². The highest BCUT2D eigenvalue weighted by Crippen LogP contribution is 2.36. The van der Waals surface area contributed by atoms with Gasteiger partial charge < -0.3 is 10.4 Å². The van der Waals surface area contributed by atoms with Crippen molar-refractivity contribution in [2.75, 3.05) is 6.54 Å². The minimum absolute atomic E-state index is 0.182. The fourth-order valence-electron chi connectivity index (χ4n) is 3.37. The molecule has 3 rings (SSSR count). The maximum atomic E-state index is 12.4. The van der Waals surface area contributed by atoms with Gasteiger partial charge >= 0.3 is 5.97 Å². The largest absolute Gasteiger partial charge is 0.481 e. The summed E-state index contributed by atoms with van der Waals surface area (Å²) in [5, 5.41) is 16.7. The number of amides is 1. The Balaban J connectivity index is 1.65. The molecule has 0 bridgehead atoms. The molecule has 0 spiro atoms. The molecular formula is C19H23N3O3. The van der Waals surface area contributed by atoms with Crippen LogP contribution in [-0.4, -0.2) is 33.3 Å². The molecule has 132 valence electrons. The zero-order valence-corrected chi connectivity index (χ0v) is 14.4. The molecule has 6 heteroatoms. The van der Waals surface area contributed by atoms with Crippen molar-refractivity contribution in [1.82, 2.24) is 15.1 Å². The summed E-state index contributed by atoms with van der Waals surface area (Å²) >= 11 is 0. The summed E-state index contributed by atoms with van der Waals surface area (Å²) in [6.07, 6.45) is 5.99. The normalized spacial score (nSPS) is 16.4. The predicted octanol–water partition coefficient (Wildman–Crippen LogP) is 2.95. The molecule has 1 amide bonds. The third-order valence-corrected chi connectivity index (χ3v) is 4.97. The third-order valence-electron chi connectivity index (χ3n) is 4.97. The molecule has 6 nitrogen and oxygen atoms in total. The fraction of sp³-hybridized carbons (Fsp3) is 0.421. The Hall–Kier alpha value is -2.63. The van der Waals surface area contributed by atoms with Crippen molar-refractivity contribution in [2.24, 2.45) is 5.41 Å². The van der Waals surface area contributed by atoms with E-state index in [-0.39, 0.29) is 12.5 Å². The first kappa shape index (κ1) is 17.2. The maximum Gasteiger partial charge on any atom is 0.311 e. The molecule has 1 saturated carbocycles. The second-order valence-electron chi connectivity index (χ2n) is 6.78. The van der Waals surface area contributed by atoms with Crippen molar-refractivity contribution < 1.29 is 14.7 Å². The molecule has 1 fully saturated rings. The molecule has 1 aromatic carbocycles. The van der Waals surface area contributed by atoms with Gasteiger partial charge in [0, 0.05) is 18.3 Å². The van der Waals surface area contributed by atoms with Crippen LogP contribution in [0.3, 0.4) is 0 Å². The number of carbonyl (C=O) groups excluding carboxylic acids is 1. The van der Waals surface area contributed by atoms with E-state index in [1.807, 2.05) is 31.3 Å². The summed E-state index contributed by atoms with van der Waals surface area (Å²) < 4.78 is 1.75. The van der Waals surface area contributed by atoms with Crippen LogP contribution >= 0.6 is 0 Å². The van der Waals surface area contributed by atoms with Gasteiger partial charge in [-0.2, -0.15) is 5.10 Å². The summed E-state index contributed by atoms with van der Waals surface area (Å²) in [5.74, 6) is -1.05. The van der Waals surface area contributed by atoms with Crippen LogP contribution in [0, 0.1) is 12.3 Å². The number of carboxylic acid groups (broad SMARTS) is 1. The van der Waals surface area contributed by atoms with Crippen LogP contribution in [0.1, 0.15) is 48.2 Å². The molecule has 0 unspecified atom stereocenters. The van der Waals surface area contributed by atoms with E-state index in [9.17, 15) is 14.7 Å². The molecule has 0 radical (unpaired) electrons. The number of hydrogen-bond donors (Lipinski definition) is 2. The van der Waals surface area contributed by atoms with E-state index in [2.05, 4.69) is 10.4 Å². The number of nitrogens with one attached hydrogen (secondary N) is 1. The van der Waals surface area contributed by atoms with E-state index >= 15 is 0 Å². The number of hydrogen-bond acceptors (Lipinski definition) is 3. The highest BCUT2D eigenvalue weighted by atomic mass is 16.4. The Labute approximate surface area is 146 Å². The molecule has 25 heavy (non-hydrogen) atoms. The standard InChI is InChI=1S/C19H23N3O3/c1-14-9-12-22(21-14)16-7-5-15(6-8-16)17(23)20-13-19(18(24)25)10-3-2-4-11-19/h5-9,12H,2-4,10-11,13H2,1H3,(H,20,23)(H,24,25). The van der Waals surface area contributed by atoms with Crippen LogP contribution in [0.15, 0.2) is 36.5 Å². The van der Waals surface area contributed by atoms with Crippen molar-refractivity contribution in [3.63, 3.8) is 0 Å². The summed E-state index contributed by atoms with van der Waals surface area (Å²) in [5.41, 5.74) is 1.50. The maximum absolute atomic E-state index is 12.4. The van der Waals surface area contributed by atoms with Gasteiger partial charge in [-0.3, -0.25) is 9.59 Å². The number of aliphatic carboxylic acids is 1. The Morgan fingerprint density at radius 1 is 1.16 bits per heavy atom. The summed E-state index contributed by atoms with van der Waals surface area (Å²) in [7, 11) is 0. The monoisotopic (exact) mass is 341 g/mol. The molecule has 1 aromatic heterocycles. The van der Waals surface area contributed by atoms with Crippen LogP contribution in [-0.2, 0) is 4.79 Å². The van der Waals surface area contributed by atoms with Crippen LogP contribution < -0.4 is 5.32 Å². The summed E-state index contributed by atoms with van der Waals surface area (Å²) in [6, 6.07) is 9.03. The van der Waals surface area contributed by atoms with E-state index in [1.165, 1.54) is 0 Å². The summed E-state index contributed by atoms with van der Waals surface area (Å²) in [4.78, 5) is 24.0. The van der Waals surface area contributed by atoms with Gasteiger partial charge in [-0.1, -0.05) is 19.3 Å². The number of rotatable bonds is 5. The first-order valence-electron chi connectivity index (χ1n) is 8.64. The lowest BCUT2D eigenvalue weighted by Gasteiger charge is -2.33. The van der Waals surface area contributed by atoms with Gasteiger partial charge in [0.05, 0.1) is 16.8 Å². The smallest absolute Gasteiger partial charge is 0.311 e. The minimum atomic E-state index is -0.819. The molecule has 1 aliphatic carbocycles. The first-order chi connectivity index (χ1) is 12.0. The Morgan fingerprint density at radius 3 is 2.40 bits per heavy atom. The van der Waals surface area contributed by atoms with E-state index < -0.39 is 11.4 Å². The number of aromatic nitrogens is 2. The van der Waals surface area contributed by atoms with Gasteiger partial charge in [0.2, 0.25) is 0 Å². The predicted molar refractivity (Wildman–Crippen MR) is 93.8 cm³/mol. The number of nitrogens with zero attached hydrogens (tertiary/aromatic N) is 2. The first-order valence-corrected chi connectivity index (χ1v) is 8.64. The van der Waals surface area contributed by atoms with Gasteiger partial charge in [0.25, 0.3) is 5.91 Å². The van der Waals surface area contributed by atoms with Gasteiger partial charge in [0.15, 0.2) is 0 Å². The lowest BCUT2D eigenvalue weighted by atomic mass is 9.74. The van der Waals surface area contributed by atoms with Crippen LogP contribution in [0.4, 0.5) is 0 Å². The van der Waals surface area contributed by atoms with Gasteiger partial charge in [-0.25, -0.2) is 4.68 Å². The van der Waals surface area contributed by atoms with E-state index in [1.54, 1.807) is 16.8 Å². The van der Waals surface area contributed by atoms with Crippen molar-refractivity contribution in [2.45, 2.75) is 39.0 Å². The molecule has 1 aliphatic rings. The van der Waals surface area contributed by atoms with Gasteiger partial charge in [0.1, 0.15) is 0 Å². The lowest BCUT2D eigenvalue weighted by molar-refractivity contribution is -0.150. The van der Waals surface area contributed by atoms with Crippen molar-refractivity contribution in [3.05, 3.63) is 47.8 Å². The molecular weight excluding hydrogens is 318 g/mol. The lowest BCUT2D eigenvalue weighted by Crippen LogP contribution is -2.44. The molecule has 2 N–H and O–H groups in total. The van der Waals surface area contributed by atoms with E-state index in [4.69, 9.17) is 0 Å². The van der Waals surface area contributed by atoms with Gasteiger partial charge in [-0.15, -0.1) is 0 Å².